The predicted octanol–water partition coefficient (Wildman–Crippen LogP) is 2.13. The van der Waals surface area contributed by atoms with Crippen molar-refractivity contribution in [2.75, 3.05) is 39.3 Å². The number of carbonyl (C=O) groups excluding carboxylic acids is 3. The average molecular weight is 378 g/mol. The Morgan fingerprint density at radius 1 is 0.741 bits per heavy atom. The number of hydrogen-bond acceptors (Lipinski definition) is 3. The second-order valence-corrected chi connectivity index (χ2v) is 8.70. The van der Waals surface area contributed by atoms with Crippen LogP contribution in [-0.2, 0) is 14.4 Å². The molecule has 0 N–H and O–H groups in total. The van der Waals surface area contributed by atoms with Crippen molar-refractivity contribution < 1.29 is 14.4 Å². The van der Waals surface area contributed by atoms with Crippen molar-refractivity contribution in [3.05, 3.63) is 0 Å². The maximum absolute atomic E-state index is 12.7. The van der Waals surface area contributed by atoms with Gasteiger partial charge in [0.2, 0.25) is 5.91 Å². The van der Waals surface area contributed by atoms with Gasteiger partial charge in [-0.25, -0.2) is 0 Å². The third kappa shape index (κ3) is 4.82. The number of amides is 3. The lowest BCUT2D eigenvalue weighted by molar-refractivity contribution is -0.151. The van der Waals surface area contributed by atoms with Gasteiger partial charge in [0, 0.05) is 45.7 Å². The molecule has 3 aliphatic rings. The van der Waals surface area contributed by atoms with E-state index in [-0.39, 0.29) is 17.7 Å². The van der Waals surface area contributed by atoms with Gasteiger partial charge in [0.1, 0.15) is 0 Å². The van der Waals surface area contributed by atoms with Crippen molar-refractivity contribution in [3.8, 4) is 0 Å². The predicted molar refractivity (Wildman–Crippen MR) is 104 cm³/mol. The lowest BCUT2D eigenvalue weighted by Crippen LogP contribution is -2.45. The Labute approximate surface area is 163 Å². The van der Waals surface area contributed by atoms with Gasteiger partial charge < -0.3 is 14.7 Å². The lowest BCUT2D eigenvalue weighted by Gasteiger charge is -2.36. The molecule has 0 saturated carbocycles. The Hall–Kier alpha value is -1.59. The molecule has 3 saturated heterocycles. The summed E-state index contributed by atoms with van der Waals surface area (Å²) in [6.45, 7) is 8.66. The van der Waals surface area contributed by atoms with Crippen LogP contribution in [-0.4, -0.2) is 71.7 Å². The summed E-state index contributed by atoms with van der Waals surface area (Å²) in [7, 11) is 0. The fourth-order valence-electron chi connectivity index (χ4n) is 5.03. The third-order valence-corrected chi connectivity index (χ3v) is 6.82. The van der Waals surface area contributed by atoms with Gasteiger partial charge in [0.05, 0.1) is 0 Å². The molecule has 0 aliphatic carbocycles. The zero-order valence-electron chi connectivity index (χ0n) is 17.0. The van der Waals surface area contributed by atoms with E-state index in [9.17, 15) is 14.4 Å². The first kappa shape index (κ1) is 20.2. The van der Waals surface area contributed by atoms with Crippen LogP contribution < -0.4 is 0 Å². The van der Waals surface area contributed by atoms with Crippen LogP contribution in [0.1, 0.15) is 58.8 Å². The van der Waals surface area contributed by atoms with Gasteiger partial charge in [0.15, 0.2) is 0 Å². The summed E-state index contributed by atoms with van der Waals surface area (Å²) in [5, 5.41) is 0. The molecule has 27 heavy (non-hydrogen) atoms. The summed E-state index contributed by atoms with van der Waals surface area (Å²) >= 11 is 0. The minimum absolute atomic E-state index is 0.265. The highest BCUT2D eigenvalue weighted by molar-refractivity contribution is 6.34. The number of rotatable bonds is 2. The molecule has 0 aromatic carbocycles. The van der Waals surface area contributed by atoms with Gasteiger partial charge in [-0.3, -0.25) is 14.4 Å². The highest BCUT2D eigenvalue weighted by Gasteiger charge is 2.34. The van der Waals surface area contributed by atoms with E-state index in [4.69, 9.17) is 0 Å². The molecule has 3 rings (SSSR count). The number of piperidine rings is 1. The molecule has 6 heteroatoms. The first-order chi connectivity index (χ1) is 13.0. The van der Waals surface area contributed by atoms with Gasteiger partial charge in [-0.2, -0.15) is 0 Å². The molecule has 0 aromatic heterocycles. The van der Waals surface area contributed by atoms with Crippen LogP contribution >= 0.6 is 0 Å². The Kier molecular flexibility index (Phi) is 6.77. The second kappa shape index (κ2) is 9.07. The van der Waals surface area contributed by atoms with Crippen molar-refractivity contribution in [2.24, 2.45) is 17.8 Å². The average Bonchev–Trinajstić information content (AvgIpc) is 2.98. The van der Waals surface area contributed by atoms with Crippen LogP contribution in [0.3, 0.4) is 0 Å². The molecule has 3 aliphatic heterocycles. The molecule has 3 heterocycles. The highest BCUT2D eigenvalue weighted by Crippen LogP contribution is 2.32. The van der Waals surface area contributed by atoms with Gasteiger partial charge in [-0.15, -0.1) is 0 Å². The summed E-state index contributed by atoms with van der Waals surface area (Å²) in [5.74, 6) is 1.43. The van der Waals surface area contributed by atoms with E-state index in [2.05, 4.69) is 6.92 Å². The summed E-state index contributed by atoms with van der Waals surface area (Å²) in [5.41, 5.74) is 0. The Morgan fingerprint density at radius 2 is 1.30 bits per heavy atom. The van der Waals surface area contributed by atoms with Crippen molar-refractivity contribution in [2.45, 2.75) is 58.8 Å². The molecular formula is C21H35N3O3. The molecule has 2 unspecified atom stereocenters. The van der Waals surface area contributed by atoms with Gasteiger partial charge in [-0.1, -0.05) is 13.8 Å². The van der Waals surface area contributed by atoms with Crippen LogP contribution in [0.4, 0.5) is 0 Å². The van der Waals surface area contributed by atoms with E-state index in [0.29, 0.717) is 37.3 Å². The monoisotopic (exact) mass is 377 g/mol. The number of likely N-dealkylation sites (tertiary alicyclic amines) is 3. The van der Waals surface area contributed by atoms with E-state index in [1.54, 1.807) is 9.80 Å². The minimum atomic E-state index is -0.302. The molecule has 152 valence electrons. The largest absolute Gasteiger partial charge is 0.343 e. The van der Waals surface area contributed by atoms with Gasteiger partial charge in [-0.05, 0) is 56.3 Å². The standard InChI is InChI=1S/C21H35N3O3/c1-3-19(25)22-12-7-18(8-13-22)17-5-4-10-23(14-9-17)20(26)21(27)24-11-6-16(2)15-24/h16-18H,3-15H2,1-2H3. The van der Waals surface area contributed by atoms with Gasteiger partial charge in [0.25, 0.3) is 0 Å². The van der Waals surface area contributed by atoms with Crippen molar-refractivity contribution >= 4 is 17.7 Å². The Balaban J connectivity index is 1.48. The van der Waals surface area contributed by atoms with E-state index in [1.165, 1.54) is 0 Å². The van der Waals surface area contributed by atoms with Crippen molar-refractivity contribution in [1.82, 2.24) is 14.7 Å². The molecule has 3 amide bonds. The Morgan fingerprint density at radius 3 is 1.89 bits per heavy atom. The van der Waals surface area contributed by atoms with E-state index >= 15 is 0 Å². The highest BCUT2D eigenvalue weighted by atomic mass is 16.2. The van der Waals surface area contributed by atoms with Crippen molar-refractivity contribution in [1.29, 1.82) is 0 Å². The second-order valence-electron chi connectivity index (χ2n) is 8.70. The summed E-state index contributed by atoms with van der Waals surface area (Å²) in [4.78, 5) is 42.6. The normalized spacial score (nSPS) is 27.6. The lowest BCUT2D eigenvalue weighted by atomic mass is 9.80. The van der Waals surface area contributed by atoms with E-state index in [1.807, 2.05) is 11.8 Å². The Bertz CT molecular complexity index is 557. The smallest absolute Gasteiger partial charge is 0.312 e. The first-order valence-corrected chi connectivity index (χ1v) is 10.9. The maximum Gasteiger partial charge on any atom is 0.312 e. The molecule has 0 bridgehead atoms. The number of nitrogens with zero attached hydrogens (tertiary/aromatic N) is 3. The molecule has 6 nitrogen and oxygen atoms in total. The molecule has 3 fully saturated rings. The molecule has 0 spiro atoms. The van der Waals surface area contributed by atoms with Crippen LogP contribution in [0.15, 0.2) is 0 Å². The molecule has 0 aromatic rings. The fourth-order valence-corrected chi connectivity index (χ4v) is 5.03. The number of hydrogen-bond donors (Lipinski definition) is 0. The summed E-state index contributed by atoms with van der Waals surface area (Å²) in [6.07, 6.45) is 6.85. The SMILES string of the molecule is CCC(=O)N1CCC(C2CCCN(C(=O)C(=O)N3CCC(C)C3)CC2)CC1. The quantitative estimate of drug-likeness (QED) is 0.693. The third-order valence-electron chi connectivity index (χ3n) is 6.82. The molecule has 0 radical (unpaired) electrons. The summed E-state index contributed by atoms with van der Waals surface area (Å²) in [6, 6.07) is 0. The molecule has 2 atom stereocenters. The van der Waals surface area contributed by atoms with Crippen LogP contribution in [0.2, 0.25) is 0 Å². The maximum atomic E-state index is 12.7. The number of carbonyl (C=O) groups is 3. The zero-order valence-corrected chi connectivity index (χ0v) is 17.0. The summed E-state index contributed by atoms with van der Waals surface area (Å²) < 4.78 is 0. The topological polar surface area (TPSA) is 60.9 Å². The van der Waals surface area contributed by atoms with Crippen LogP contribution in [0, 0.1) is 17.8 Å². The van der Waals surface area contributed by atoms with Crippen molar-refractivity contribution in [3.63, 3.8) is 0 Å². The van der Waals surface area contributed by atoms with Gasteiger partial charge >= 0.3 is 11.8 Å². The van der Waals surface area contributed by atoms with E-state index < -0.39 is 0 Å². The molecular weight excluding hydrogens is 342 g/mol. The van der Waals surface area contributed by atoms with Crippen LogP contribution in [0.25, 0.3) is 0 Å². The zero-order chi connectivity index (χ0) is 19.4. The van der Waals surface area contributed by atoms with Crippen LogP contribution in [0.5, 0.6) is 0 Å². The fraction of sp³-hybridized carbons (Fsp3) is 0.857. The minimum Gasteiger partial charge on any atom is -0.343 e. The first-order valence-electron chi connectivity index (χ1n) is 10.9. The van der Waals surface area contributed by atoms with E-state index in [0.717, 1.165) is 64.7 Å².